The van der Waals surface area contributed by atoms with Crippen LogP contribution in [-0.4, -0.2) is 27.1 Å². The number of fused-ring (bicyclic) bond motifs is 1. The minimum absolute atomic E-state index is 0.204. The second kappa shape index (κ2) is 5.50. The molecule has 2 N–H and O–H groups in total. The highest BCUT2D eigenvalue weighted by Crippen LogP contribution is 2.40. The van der Waals surface area contributed by atoms with Crippen molar-refractivity contribution < 1.29 is 0 Å². The summed E-state index contributed by atoms with van der Waals surface area (Å²) in [4.78, 5) is 26.6. The van der Waals surface area contributed by atoms with Crippen molar-refractivity contribution in [2.24, 2.45) is 7.05 Å². The van der Waals surface area contributed by atoms with Gasteiger partial charge in [-0.1, -0.05) is 36.0 Å². The Morgan fingerprint density at radius 2 is 2.14 bits per heavy atom. The number of aromatic nitrogens is 3. The first-order valence-corrected chi connectivity index (χ1v) is 7.57. The molecule has 6 nitrogen and oxygen atoms in total. The number of benzene rings is 1. The minimum atomic E-state index is -0.743. The molecule has 0 spiro atoms. The number of H-pyrrole nitrogens is 1. The van der Waals surface area contributed by atoms with Gasteiger partial charge in [-0.3, -0.25) is 19.4 Å². The first-order chi connectivity index (χ1) is 10.1. The van der Waals surface area contributed by atoms with Crippen LogP contribution in [0.1, 0.15) is 17.2 Å². The van der Waals surface area contributed by atoms with Gasteiger partial charge in [0.2, 0.25) is 0 Å². The molecule has 2 unspecified atom stereocenters. The third-order valence-corrected chi connectivity index (χ3v) is 5.02. The van der Waals surface area contributed by atoms with Gasteiger partial charge in [0.15, 0.2) is 5.16 Å². The highest BCUT2D eigenvalue weighted by atomic mass is 32.2. The van der Waals surface area contributed by atoms with Gasteiger partial charge in [0.25, 0.3) is 0 Å². The predicted octanol–water partition coefficient (Wildman–Crippen LogP) is 0.446. The van der Waals surface area contributed by atoms with Crippen LogP contribution in [0.25, 0.3) is 0 Å². The topological polar surface area (TPSA) is 79.8 Å². The molecule has 21 heavy (non-hydrogen) atoms. The molecule has 0 saturated carbocycles. The SMILES string of the molecule is CNC1c2ccccc2CC1Sc1nc(=O)c(=O)[nH]n1C. The summed E-state index contributed by atoms with van der Waals surface area (Å²) < 4.78 is 1.50. The molecule has 2 aromatic rings. The molecule has 2 atom stereocenters. The Kier molecular flexibility index (Phi) is 3.69. The summed E-state index contributed by atoms with van der Waals surface area (Å²) in [5.41, 5.74) is 1.16. The quantitative estimate of drug-likeness (QED) is 0.805. The molecule has 0 radical (unpaired) electrons. The molecule has 1 aromatic heterocycles. The van der Waals surface area contributed by atoms with E-state index in [9.17, 15) is 9.59 Å². The number of thioether (sulfide) groups is 1. The molecule has 0 amide bonds. The normalized spacial score (nSPS) is 20.5. The van der Waals surface area contributed by atoms with E-state index in [1.165, 1.54) is 27.6 Å². The molecule has 0 saturated heterocycles. The Balaban J connectivity index is 1.92. The van der Waals surface area contributed by atoms with Crippen LogP contribution in [0.15, 0.2) is 39.0 Å². The molecule has 1 aliphatic rings. The monoisotopic (exact) mass is 304 g/mol. The van der Waals surface area contributed by atoms with E-state index in [1.807, 2.05) is 19.2 Å². The number of nitrogens with zero attached hydrogens (tertiary/aromatic N) is 2. The van der Waals surface area contributed by atoms with Gasteiger partial charge in [0, 0.05) is 18.3 Å². The van der Waals surface area contributed by atoms with Crippen LogP contribution < -0.4 is 16.4 Å². The Morgan fingerprint density at radius 1 is 1.38 bits per heavy atom. The van der Waals surface area contributed by atoms with Crippen LogP contribution in [-0.2, 0) is 13.5 Å². The molecule has 1 aliphatic carbocycles. The number of hydrogen-bond acceptors (Lipinski definition) is 5. The summed E-state index contributed by atoms with van der Waals surface area (Å²) >= 11 is 1.51. The number of aromatic amines is 1. The van der Waals surface area contributed by atoms with Crippen LogP contribution in [0.5, 0.6) is 0 Å². The molecule has 3 rings (SSSR count). The van der Waals surface area contributed by atoms with Crippen molar-refractivity contribution >= 4 is 11.8 Å². The van der Waals surface area contributed by atoms with Crippen molar-refractivity contribution in [2.75, 3.05) is 7.05 Å². The van der Waals surface area contributed by atoms with Gasteiger partial charge < -0.3 is 5.32 Å². The summed E-state index contributed by atoms with van der Waals surface area (Å²) in [7, 11) is 3.62. The first-order valence-electron chi connectivity index (χ1n) is 6.69. The maximum atomic E-state index is 11.4. The lowest BCUT2D eigenvalue weighted by molar-refractivity contribution is 0.577. The zero-order valence-electron chi connectivity index (χ0n) is 11.8. The highest BCUT2D eigenvalue weighted by molar-refractivity contribution is 7.99. The Bertz CT molecular complexity index is 783. The molecular formula is C14H16N4O2S. The third-order valence-electron chi connectivity index (χ3n) is 3.70. The van der Waals surface area contributed by atoms with Crippen LogP contribution in [0.2, 0.25) is 0 Å². The van der Waals surface area contributed by atoms with Crippen LogP contribution in [0, 0.1) is 0 Å². The zero-order chi connectivity index (χ0) is 15.0. The first kappa shape index (κ1) is 14.1. The fraction of sp³-hybridized carbons (Fsp3) is 0.357. The van der Waals surface area contributed by atoms with Gasteiger partial charge in [-0.25, -0.2) is 0 Å². The van der Waals surface area contributed by atoms with Gasteiger partial charge in [0.1, 0.15) is 0 Å². The van der Waals surface area contributed by atoms with Gasteiger partial charge in [-0.2, -0.15) is 4.98 Å². The van der Waals surface area contributed by atoms with E-state index in [4.69, 9.17) is 0 Å². The van der Waals surface area contributed by atoms with Crippen molar-refractivity contribution in [2.45, 2.75) is 22.9 Å². The van der Waals surface area contributed by atoms with Crippen molar-refractivity contribution in [1.82, 2.24) is 20.1 Å². The predicted molar refractivity (Wildman–Crippen MR) is 81.7 cm³/mol. The molecule has 7 heteroatoms. The van der Waals surface area contributed by atoms with E-state index in [0.29, 0.717) is 5.16 Å². The molecule has 1 heterocycles. The van der Waals surface area contributed by atoms with Gasteiger partial charge >= 0.3 is 11.1 Å². The van der Waals surface area contributed by atoms with E-state index in [-0.39, 0.29) is 11.3 Å². The lowest BCUT2D eigenvalue weighted by Crippen LogP contribution is -2.34. The average Bonchev–Trinajstić information content (AvgIpc) is 2.81. The molecule has 0 fully saturated rings. The second-order valence-electron chi connectivity index (χ2n) is 5.03. The van der Waals surface area contributed by atoms with Crippen molar-refractivity contribution in [1.29, 1.82) is 0 Å². The number of rotatable bonds is 3. The molecule has 1 aromatic carbocycles. The van der Waals surface area contributed by atoms with E-state index >= 15 is 0 Å². The van der Waals surface area contributed by atoms with E-state index < -0.39 is 11.1 Å². The van der Waals surface area contributed by atoms with E-state index in [1.54, 1.807) is 7.05 Å². The summed E-state index contributed by atoms with van der Waals surface area (Å²) in [5.74, 6) is 0. The van der Waals surface area contributed by atoms with Crippen LogP contribution in [0.3, 0.4) is 0 Å². The average molecular weight is 304 g/mol. The summed E-state index contributed by atoms with van der Waals surface area (Å²) in [6.45, 7) is 0. The Labute approximate surface area is 125 Å². The summed E-state index contributed by atoms with van der Waals surface area (Å²) in [6, 6.07) is 8.52. The molecule has 110 valence electrons. The minimum Gasteiger partial charge on any atom is -0.312 e. The van der Waals surface area contributed by atoms with Gasteiger partial charge in [-0.05, 0) is 24.6 Å². The smallest absolute Gasteiger partial charge is 0.312 e. The van der Waals surface area contributed by atoms with Crippen molar-refractivity contribution in [3.05, 3.63) is 56.1 Å². The van der Waals surface area contributed by atoms with Crippen molar-refractivity contribution in [3.8, 4) is 0 Å². The standard InChI is InChI=1S/C14H16N4O2S/c1-15-11-9-6-4-3-5-8(9)7-10(11)21-14-16-12(19)13(20)17-18(14)2/h3-6,10-11,15H,7H2,1-2H3,(H,17,20). The number of hydrogen-bond donors (Lipinski definition) is 2. The largest absolute Gasteiger partial charge is 0.339 e. The maximum absolute atomic E-state index is 11.4. The maximum Gasteiger partial charge on any atom is 0.339 e. The van der Waals surface area contributed by atoms with Gasteiger partial charge in [0.05, 0.1) is 0 Å². The molecular weight excluding hydrogens is 288 g/mol. The molecule has 0 aliphatic heterocycles. The van der Waals surface area contributed by atoms with E-state index in [0.717, 1.165) is 6.42 Å². The Hall–Kier alpha value is -1.86. The van der Waals surface area contributed by atoms with Crippen LogP contribution >= 0.6 is 11.8 Å². The lowest BCUT2D eigenvalue weighted by Gasteiger charge is -2.19. The summed E-state index contributed by atoms with van der Waals surface area (Å²) in [6.07, 6.45) is 0.904. The lowest BCUT2D eigenvalue weighted by atomic mass is 10.1. The third kappa shape index (κ3) is 2.54. The fourth-order valence-corrected chi connectivity index (χ4v) is 4.00. The molecule has 0 bridgehead atoms. The number of aryl methyl sites for hydroxylation is 1. The Morgan fingerprint density at radius 3 is 2.90 bits per heavy atom. The van der Waals surface area contributed by atoms with Gasteiger partial charge in [-0.15, -0.1) is 0 Å². The fourth-order valence-electron chi connectivity index (χ4n) is 2.71. The zero-order valence-corrected chi connectivity index (χ0v) is 12.6. The second-order valence-corrected chi connectivity index (χ2v) is 6.23. The number of nitrogens with one attached hydrogen (secondary N) is 2. The van der Waals surface area contributed by atoms with Crippen LogP contribution in [0.4, 0.5) is 0 Å². The summed E-state index contributed by atoms with van der Waals surface area (Å²) in [5, 5.41) is 6.57. The van der Waals surface area contributed by atoms with E-state index in [2.05, 4.69) is 27.5 Å². The highest BCUT2D eigenvalue weighted by Gasteiger charge is 2.32. The van der Waals surface area contributed by atoms with Crippen molar-refractivity contribution in [3.63, 3.8) is 0 Å².